The van der Waals surface area contributed by atoms with Crippen LogP contribution in [0, 0.1) is 5.82 Å². The van der Waals surface area contributed by atoms with Gasteiger partial charge in [-0.1, -0.05) is 12.1 Å². The van der Waals surface area contributed by atoms with Gasteiger partial charge in [0, 0.05) is 55.1 Å². The Labute approximate surface area is 178 Å². The van der Waals surface area contributed by atoms with E-state index in [0.29, 0.717) is 25.3 Å². The van der Waals surface area contributed by atoms with Crippen LogP contribution in [0.3, 0.4) is 0 Å². The molecule has 1 aliphatic rings. The number of hydrogen-bond donors (Lipinski definition) is 0. The summed E-state index contributed by atoms with van der Waals surface area (Å²) < 4.78 is 14.8. The van der Waals surface area contributed by atoms with Gasteiger partial charge in [-0.15, -0.1) is 11.3 Å². The summed E-state index contributed by atoms with van der Waals surface area (Å²) in [5.74, 6) is -0.367. The summed E-state index contributed by atoms with van der Waals surface area (Å²) in [5, 5.41) is 4.16. The molecule has 1 aliphatic heterocycles. The maximum atomic E-state index is 13.5. The number of piperazine rings is 1. The third kappa shape index (κ3) is 4.49. The highest BCUT2D eigenvalue weighted by Crippen LogP contribution is 2.29. The number of benzene rings is 1. The molecule has 1 saturated heterocycles. The molecule has 0 bridgehead atoms. The summed E-state index contributed by atoms with van der Waals surface area (Å²) in [4.78, 5) is 30.8. The molecule has 0 aliphatic carbocycles. The molecule has 30 heavy (non-hydrogen) atoms. The smallest absolute Gasteiger partial charge is 0.274 e. The number of halogens is 1. The highest BCUT2D eigenvalue weighted by molar-refractivity contribution is 7.15. The summed E-state index contributed by atoms with van der Waals surface area (Å²) in [5.41, 5.74) is 0.998. The summed E-state index contributed by atoms with van der Waals surface area (Å²) in [6.07, 6.45) is 0. The van der Waals surface area contributed by atoms with E-state index in [1.54, 1.807) is 28.4 Å². The van der Waals surface area contributed by atoms with E-state index in [9.17, 15) is 14.0 Å². The number of carbonyl (C=O) groups is 1. The fourth-order valence-electron chi connectivity index (χ4n) is 3.54. The van der Waals surface area contributed by atoms with Crippen molar-refractivity contribution in [3.8, 4) is 10.4 Å². The Morgan fingerprint density at radius 1 is 1.10 bits per heavy atom. The van der Waals surface area contributed by atoms with Crippen LogP contribution in [0.1, 0.15) is 22.3 Å². The molecule has 0 atom stereocenters. The average molecular weight is 427 g/mol. The molecule has 4 rings (SSSR count). The van der Waals surface area contributed by atoms with Crippen molar-refractivity contribution in [2.24, 2.45) is 0 Å². The van der Waals surface area contributed by atoms with Crippen LogP contribution < -0.4 is 5.56 Å². The van der Waals surface area contributed by atoms with Gasteiger partial charge >= 0.3 is 0 Å². The molecule has 0 radical (unpaired) electrons. The molecule has 3 aromatic rings. The Balaban J connectivity index is 1.35. The Hall–Kier alpha value is -2.84. The third-order valence-electron chi connectivity index (χ3n) is 5.20. The number of aryl methyl sites for hydroxylation is 1. The molecule has 1 amide bonds. The van der Waals surface area contributed by atoms with Crippen LogP contribution >= 0.6 is 11.3 Å². The normalized spacial score (nSPS) is 14.8. The summed E-state index contributed by atoms with van der Waals surface area (Å²) >= 11 is 1.67. The molecule has 6 nitrogen and oxygen atoms in total. The number of amides is 1. The molecular formula is C22H23FN4O2S. The first-order valence-electron chi connectivity index (χ1n) is 9.98. The van der Waals surface area contributed by atoms with Gasteiger partial charge < -0.3 is 4.90 Å². The van der Waals surface area contributed by atoms with E-state index in [2.05, 4.69) is 16.1 Å². The van der Waals surface area contributed by atoms with E-state index in [1.807, 2.05) is 19.1 Å². The van der Waals surface area contributed by atoms with Crippen LogP contribution in [0.4, 0.5) is 4.39 Å². The van der Waals surface area contributed by atoms with Crippen molar-refractivity contribution >= 4 is 17.2 Å². The molecule has 3 heterocycles. The standard InChI is InChI=1S/C22H23FN4O2S/c1-2-27-21(28)9-7-19(24-27)22(29)26-12-10-25(11-13-26)15-18-6-8-20(30-18)16-4-3-5-17(23)14-16/h3-9,14H,2,10-13,15H2,1H3. The minimum absolute atomic E-state index is 0.138. The van der Waals surface area contributed by atoms with E-state index in [1.165, 1.54) is 27.8 Å². The zero-order chi connectivity index (χ0) is 21.1. The van der Waals surface area contributed by atoms with Gasteiger partial charge in [0.05, 0.1) is 0 Å². The SMILES string of the molecule is CCn1nc(C(=O)N2CCN(Cc3ccc(-c4cccc(F)c4)s3)CC2)ccc1=O. The van der Waals surface area contributed by atoms with Gasteiger partial charge in [0.25, 0.3) is 11.5 Å². The third-order valence-corrected chi connectivity index (χ3v) is 6.31. The van der Waals surface area contributed by atoms with Gasteiger partial charge in [-0.25, -0.2) is 9.07 Å². The van der Waals surface area contributed by atoms with Crippen molar-refractivity contribution < 1.29 is 9.18 Å². The van der Waals surface area contributed by atoms with Crippen LogP contribution in [0.5, 0.6) is 0 Å². The van der Waals surface area contributed by atoms with Gasteiger partial charge in [-0.2, -0.15) is 5.10 Å². The second kappa shape index (κ2) is 8.89. The number of rotatable bonds is 5. The first-order chi connectivity index (χ1) is 14.5. The van der Waals surface area contributed by atoms with E-state index in [0.717, 1.165) is 30.1 Å². The number of nitrogens with zero attached hydrogens (tertiary/aromatic N) is 4. The predicted molar refractivity (Wildman–Crippen MR) is 115 cm³/mol. The lowest BCUT2D eigenvalue weighted by molar-refractivity contribution is 0.0621. The van der Waals surface area contributed by atoms with Gasteiger partial charge in [0.1, 0.15) is 11.5 Å². The Bertz CT molecular complexity index is 1100. The van der Waals surface area contributed by atoms with Crippen molar-refractivity contribution in [2.75, 3.05) is 26.2 Å². The van der Waals surface area contributed by atoms with Crippen molar-refractivity contribution in [3.05, 3.63) is 75.3 Å². The van der Waals surface area contributed by atoms with E-state index in [4.69, 9.17) is 0 Å². The molecule has 0 N–H and O–H groups in total. The zero-order valence-corrected chi connectivity index (χ0v) is 17.6. The summed E-state index contributed by atoms with van der Waals surface area (Å²) in [7, 11) is 0. The van der Waals surface area contributed by atoms with E-state index in [-0.39, 0.29) is 17.3 Å². The van der Waals surface area contributed by atoms with Crippen molar-refractivity contribution in [3.63, 3.8) is 0 Å². The fourth-order valence-corrected chi connectivity index (χ4v) is 4.59. The highest BCUT2D eigenvalue weighted by atomic mass is 32.1. The van der Waals surface area contributed by atoms with Crippen molar-refractivity contribution in [1.82, 2.24) is 19.6 Å². The highest BCUT2D eigenvalue weighted by Gasteiger charge is 2.23. The Morgan fingerprint density at radius 2 is 1.90 bits per heavy atom. The maximum absolute atomic E-state index is 13.5. The summed E-state index contributed by atoms with van der Waals surface area (Å²) in [6.45, 7) is 5.85. The minimum Gasteiger partial charge on any atom is -0.335 e. The lowest BCUT2D eigenvalue weighted by Crippen LogP contribution is -2.48. The second-order valence-corrected chi connectivity index (χ2v) is 8.39. The largest absolute Gasteiger partial charge is 0.335 e. The van der Waals surface area contributed by atoms with Crippen LogP contribution in [-0.4, -0.2) is 51.7 Å². The topological polar surface area (TPSA) is 58.4 Å². The molecule has 0 saturated carbocycles. The molecule has 0 unspecified atom stereocenters. The van der Waals surface area contributed by atoms with Gasteiger partial charge in [-0.05, 0) is 42.8 Å². The van der Waals surface area contributed by atoms with Gasteiger partial charge in [-0.3, -0.25) is 14.5 Å². The minimum atomic E-state index is -0.230. The first kappa shape index (κ1) is 20.4. The molecule has 8 heteroatoms. The molecule has 156 valence electrons. The van der Waals surface area contributed by atoms with Gasteiger partial charge in [0.15, 0.2) is 0 Å². The number of thiophene rings is 1. The van der Waals surface area contributed by atoms with E-state index < -0.39 is 0 Å². The van der Waals surface area contributed by atoms with Crippen molar-refractivity contribution in [1.29, 1.82) is 0 Å². The molecule has 1 fully saturated rings. The number of carbonyl (C=O) groups excluding carboxylic acids is 1. The monoisotopic (exact) mass is 426 g/mol. The second-order valence-electron chi connectivity index (χ2n) is 7.22. The Morgan fingerprint density at radius 3 is 2.63 bits per heavy atom. The van der Waals surface area contributed by atoms with Crippen molar-refractivity contribution in [2.45, 2.75) is 20.0 Å². The zero-order valence-electron chi connectivity index (χ0n) is 16.8. The summed E-state index contributed by atoms with van der Waals surface area (Å²) in [6, 6.07) is 13.7. The fraction of sp³-hybridized carbons (Fsp3) is 0.318. The quantitative estimate of drug-likeness (QED) is 0.629. The maximum Gasteiger partial charge on any atom is 0.274 e. The molecular weight excluding hydrogens is 403 g/mol. The molecule has 2 aromatic heterocycles. The first-order valence-corrected chi connectivity index (χ1v) is 10.8. The van der Waals surface area contributed by atoms with E-state index >= 15 is 0 Å². The lowest BCUT2D eigenvalue weighted by Gasteiger charge is -2.34. The molecule has 0 spiro atoms. The van der Waals surface area contributed by atoms with Gasteiger partial charge in [0.2, 0.25) is 0 Å². The average Bonchev–Trinajstić information content (AvgIpc) is 3.23. The Kier molecular flexibility index (Phi) is 6.06. The molecule has 1 aromatic carbocycles. The number of aromatic nitrogens is 2. The lowest BCUT2D eigenvalue weighted by atomic mass is 10.2. The van der Waals surface area contributed by atoms with Crippen LogP contribution in [0.25, 0.3) is 10.4 Å². The predicted octanol–water partition coefficient (Wildman–Crippen LogP) is 3.09. The number of hydrogen-bond acceptors (Lipinski definition) is 5. The van der Waals surface area contributed by atoms with Crippen LogP contribution in [0.15, 0.2) is 53.3 Å². The van der Waals surface area contributed by atoms with Crippen LogP contribution in [0.2, 0.25) is 0 Å². The van der Waals surface area contributed by atoms with Crippen LogP contribution in [-0.2, 0) is 13.1 Å².